The number of carbonyl (C=O) groups is 1. The van der Waals surface area contributed by atoms with Crippen LogP contribution in [0.15, 0.2) is 6.07 Å². The molecule has 0 aliphatic rings. The molecule has 13 heavy (non-hydrogen) atoms. The fourth-order valence-electron chi connectivity index (χ4n) is 0.828. The Morgan fingerprint density at radius 3 is 2.62 bits per heavy atom. The van der Waals surface area contributed by atoms with Gasteiger partial charge in [-0.2, -0.15) is 0 Å². The molecule has 3 nitrogen and oxygen atoms in total. The molecular formula is C7H5F3N2O. The van der Waals surface area contributed by atoms with Gasteiger partial charge in [-0.15, -0.1) is 0 Å². The molecule has 1 aromatic heterocycles. The second kappa shape index (κ2) is 3.42. The van der Waals surface area contributed by atoms with E-state index in [4.69, 9.17) is 5.73 Å². The Labute approximate surface area is 71.4 Å². The number of nitrogens with zero attached hydrogens (tertiary/aromatic N) is 1. The average molecular weight is 190 g/mol. The first-order chi connectivity index (χ1) is 6.06. The van der Waals surface area contributed by atoms with Crippen LogP contribution in [0.25, 0.3) is 0 Å². The molecule has 0 radical (unpaired) electrons. The van der Waals surface area contributed by atoms with Crippen LogP contribution < -0.4 is 5.73 Å². The molecule has 0 spiro atoms. The molecule has 0 aliphatic heterocycles. The van der Waals surface area contributed by atoms with E-state index in [0.29, 0.717) is 6.07 Å². The third-order valence-electron chi connectivity index (χ3n) is 1.38. The Hall–Kier alpha value is -1.59. The SMILES string of the molecule is Nc1cc(C(F)F)c(F)c(C=O)n1. The number of alkyl halides is 2. The Kier molecular flexibility index (Phi) is 2.50. The van der Waals surface area contributed by atoms with Gasteiger partial charge in [-0.05, 0) is 6.07 Å². The zero-order valence-corrected chi connectivity index (χ0v) is 6.30. The average Bonchev–Trinajstić information content (AvgIpc) is 2.08. The molecule has 70 valence electrons. The van der Waals surface area contributed by atoms with Gasteiger partial charge >= 0.3 is 0 Å². The van der Waals surface area contributed by atoms with Crippen molar-refractivity contribution < 1.29 is 18.0 Å². The monoisotopic (exact) mass is 190 g/mol. The van der Waals surface area contributed by atoms with Gasteiger partial charge in [0.25, 0.3) is 6.43 Å². The molecule has 1 aromatic rings. The number of anilines is 1. The van der Waals surface area contributed by atoms with Gasteiger partial charge in [-0.3, -0.25) is 4.79 Å². The lowest BCUT2D eigenvalue weighted by molar-refractivity contribution is 0.111. The summed E-state index contributed by atoms with van der Waals surface area (Å²) < 4.78 is 37.0. The van der Waals surface area contributed by atoms with Crippen molar-refractivity contribution in [3.05, 3.63) is 23.1 Å². The van der Waals surface area contributed by atoms with Gasteiger partial charge in [-0.1, -0.05) is 0 Å². The van der Waals surface area contributed by atoms with Crippen molar-refractivity contribution >= 4 is 12.1 Å². The maximum Gasteiger partial charge on any atom is 0.266 e. The molecule has 0 saturated carbocycles. The normalized spacial score (nSPS) is 10.5. The molecule has 2 N–H and O–H groups in total. The molecule has 0 aliphatic carbocycles. The maximum absolute atomic E-state index is 12.9. The van der Waals surface area contributed by atoms with Crippen LogP contribution in [0.5, 0.6) is 0 Å². The van der Waals surface area contributed by atoms with Gasteiger partial charge in [0.2, 0.25) is 0 Å². The molecule has 0 atom stereocenters. The fraction of sp³-hybridized carbons (Fsp3) is 0.143. The van der Waals surface area contributed by atoms with Crippen molar-refractivity contribution in [2.75, 3.05) is 5.73 Å². The highest BCUT2D eigenvalue weighted by atomic mass is 19.3. The van der Waals surface area contributed by atoms with Crippen LogP contribution in [0.2, 0.25) is 0 Å². The van der Waals surface area contributed by atoms with Crippen LogP contribution in [0.4, 0.5) is 19.0 Å². The smallest absolute Gasteiger partial charge is 0.266 e. The topological polar surface area (TPSA) is 56.0 Å². The van der Waals surface area contributed by atoms with E-state index in [1.807, 2.05) is 0 Å². The lowest BCUT2D eigenvalue weighted by Gasteiger charge is -2.03. The second-order valence-electron chi connectivity index (χ2n) is 2.25. The zero-order valence-electron chi connectivity index (χ0n) is 6.30. The minimum atomic E-state index is -3.01. The highest BCUT2D eigenvalue weighted by molar-refractivity contribution is 5.73. The van der Waals surface area contributed by atoms with E-state index < -0.39 is 23.5 Å². The van der Waals surface area contributed by atoms with Gasteiger partial charge in [0.1, 0.15) is 11.5 Å². The Bertz CT molecular complexity index is 341. The van der Waals surface area contributed by atoms with Gasteiger partial charge in [0.15, 0.2) is 12.1 Å². The van der Waals surface area contributed by atoms with Crippen molar-refractivity contribution in [2.24, 2.45) is 0 Å². The van der Waals surface area contributed by atoms with Crippen LogP contribution in [-0.2, 0) is 0 Å². The Morgan fingerprint density at radius 2 is 2.15 bits per heavy atom. The first-order valence-corrected chi connectivity index (χ1v) is 3.25. The number of carbonyl (C=O) groups excluding carboxylic acids is 1. The quantitative estimate of drug-likeness (QED) is 0.720. The third-order valence-corrected chi connectivity index (χ3v) is 1.38. The van der Waals surface area contributed by atoms with Crippen molar-refractivity contribution in [3.63, 3.8) is 0 Å². The third kappa shape index (κ3) is 1.77. The van der Waals surface area contributed by atoms with E-state index >= 15 is 0 Å². The summed E-state index contributed by atoms with van der Waals surface area (Å²) in [6.45, 7) is 0. The zero-order chi connectivity index (χ0) is 10.0. The summed E-state index contributed by atoms with van der Waals surface area (Å²) in [7, 11) is 0. The summed E-state index contributed by atoms with van der Waals surface area (Å²) in [5.41, 5.74) is 3.47. The van der Waals surface area contributed by atoms with Gasteiger partial charge in [0, 0.05) is 0 Å². The molecule has 1 heterocycles. The highest BCUT2D eigenvalue weighted by Gasteiger charge is 2.18. The standard InChI is InChI=1S/C7H5F3N2O/c8-6-3(7(9)10)1-5(11)12-4(6)2-13/h1-2,7H,(H2,11,12). The van der Waals surface area contributed by atoms with Crippen molar-refractivity contribution in [1.29, 1.82) is 0 Å². The van der Waals surface area contributed by atoms with E-state index in [1.165, 1.54) is 0 Å². The van der Waals surface area contributed by atoms with E-state index in [2.05, 4.69) is 4.98 Å². The lowest BCUT2D eigenvalue weighted by atomic mass is 10.2. The molecule has 0 unspecified atom stereocenters. The van der Waals surface area contributed by atoms with E-state index in [-0.39, 0.29) is 12.1 Å². The number of pyridine rings is 1. The number of aromatic nitrogens is 1. The summed E-state index contributed by atoms with van der Waals surface area (Å²) in [6.07, 6.45) is -2.97. The van der Waals surface area contributed by atoms with Gasteiger partial charge < -0.3 is 5.73 Å². The molecule has 1 rings (SSSR count). The van der Waals surface area contributed by atoms with Gasteiger partial charge in [-0.25, -0.2) is 18.2 Å². The fourth-order valence-corrected chi connectivity index (χ4v) is 0.828. The van der Waals surface area contributed by atoms with Crippen LogP contribution in [0.3, 0.4) is 0 Å². The molecule has 0 aromatic carbocycles. The lowest BCUT2D eigenvalue weighted by Crippen LogP contribution is -2.03. The molecule has 0 fully saturated rings. The van der Waals surface area contributed by atoms with Crippen molar-refractivity contribution in [1.82, 2.24) is 4.98 Å². The van der Waals surface area contributed by atoms with Crippen LogP contribution >= 0.6 is 0 Å². The predicted octanol–water partition coefficient (Wildman–Crippen LogP) is 1.55. The summed E-state index contributed by atoms with van der Waals surface area (Å²) in [5, 5.41) is 0. The number of nitrogen functional groups attached to an aromatic ring is 1. The summed E-state index contributed by atoms with van der Waals surface area (Å²) in [4.78, 5) is 13.4. The Balaban J connectivity index is 3.35. The number of rotatable bonds is 2. The van der Waals surface area contributed by atoms with Gasteiger partial charge in [0.05, 0.1) is 5.56 Å². The molecule has 6 heteroatoms. The number of hydrogen-bond donors (Lipinski definition) is 1. The number of nitrogens with two attached hydrogens (primary N) is 1. The van der Waals surface area contributed by atoms with E-state index in [1.54, 1.807) is 0 Å². The van der Waals surface area contributed by atoms with Crippen LogP contribution in [0, 0.1) is 5.82 Å². The van der Waals surface area contributed by atoms with Crippen LogP contribution in [0.1, 0.15) is 22.5 Å². The molecular weight excluding hydrogens is 185 g/mol. The maximum atomic E-state index is 12.9. The summed E-state index contributed by atoms with van der Waals surface area (Å²) in [6, 6.07) is 0.701. The highest BCUT2D eigenvalue weighted by Crippen LogP contribution is 2.24. The molecule has 0 saturated heterocycles. The minimum Gasteiger partial charge on any atom is -0.384 e. The number of halogens is 3. The summed E-state index contributed by atoms with van der Waals surface area (Å²) in [5.74, 6) is -1.63. The van der Waals surface area contributed by atoms with Crippen LogP contribution in [-0.4, -0.2) is 11.3 Å². The molecule has 0 amide bonds. The van der Waals surface area contributed by atoms with Crippen molar-refractivity contribution in [2.45, 2.75) is 6.43 Å². The predicted molar refractivity (Wildman–Crippen MR) is 39.0 cm³/mol. The molecule has 0 bridgehead atoms. The number of hydrogen-bond acceptors (Lipinski definition) is 3. The Morgan fingerprint density at radius 1 is 1.54 bits per heavy atom. The van der Waals surface area contributed by atoms with E-state index in [0.717, 1.165) is 0 Å². The first-order valence-electron chi connectivity index (χ1n) is 3.25. The second-order valence-corrected chi connectivity index (χ2v) is 2.25. The summed E-state index contributed by atoms with van der Waals surface area (Å²) >= 11 is 0. The largest absolute Gasteiger partial charge is 0.384 e. The van der Waals surface area contributed by atoms with E-state index in [9.17, 15) is 18.0 Å². The first kappa shape index (κ1) is 9.50. The van der Waals surface area contributed by atoms with Crippen molar-refractivity contribution in [3.8, 4) is 0 Å². The minimum absolute atomic E-state index is 0.0393. The number of aldehydes is 1.